The van der Waals surface area contributed by atoms with Crippen molar-refractivity contribution in [3.63, 3.8) is 0 Å². The lowest BCUT2D eigenvalue weighted by Crippen LogP contribution is -2.59. The summed E-state index contributed by atoms with van der Waals surface area (Å²) in [6.45, 7) is 10.9. The predicted octanol–water partition coefficient (Wildman–Crippen LogP) is 5.07. The standard InChI is InChI=1S/C20H24NO/c1-18(2,3)20(15-11-7-6-8-12-15)19(4,5)16-13-9-10-14-17(16)21(20)22/h6-14H,1-5H3. The van der Waals surface area contributed by atoms with Gasteiger partial charge in [0, 0.05) is 5.41 Å². The molecule has 22 heavy (non-hydrogen) atoms. The maximum Gasteiger partial charge on any atom is 0.109 e. The Hall–Kier alpha value is -1.80. The van der Waals surface area contributed by atoms with Gasteiger partial charge in [-0.05, 0) is 22.6 Å². The second-order valence-electron chi connectivity index (χ2n) is 7.76. The van der Waals surface area contributed by atoms with Crippen LogP contribution in [0.25, 0.3) is 0 Å². The second-order valence-corrected chi connectivity index (χ2v) is 7.76. The highest BCUT2D eigenvalue weighted by molar-refractivity contribution is 5.67. The molecular formula is C20H24NO. The minimum atomic E-state index is -0.634. The van der Waals surface area contributed by atoms with Crippen molar-refractivity contribution >= 4 is 5.69 Å². The number of anilines is 1. The largest absolute Gasteiger partial charge is 0.208 e. The lowest BCUT2D eigenvalue weighted by atomic mass is 9.56. The van der Waals surface area contributed by atoms with E-state index < -0.39 is 5.54 Å². The van der Waals surface area contributed by atoms with Gasteiger partial charge in [0.2, 0.25) is 0 Å². The van der Waals surface area contributed by atoms with E-state index in [9.17, 15) is 5.21 Å². The van der Waals surface area contributed by atoms with Gasteiger partial charge in [0.1, 0.15) is 5.54 Å². The van der Waals surface area contributed by atoms with Crippen molar-refractivity contribution in [1.29, 1.82) is 0 Å². The zero-order valence-electron chi connectivity index (χ0n) is 14.1. The minimum absolute atomic E-state index is 0.224. The fourth-order valence-electron chi connectivity index (χ4n) is 4.64. The fourth-order valence-corrected chi connectivity index (χ4v) is 4.64. The van der Waals surface area contributed by atoms with E-state index in [0.717, 1.165) is 16.8 Å². The van der Waals surface area contributed by atoms with Crippen molar-refractivity contribution in [3.8, 4) is 0 Å². The Morgan fingerprint density at radius 3 is 1.95 bits per heavy atom. The van der Waals surface area contributed by atoms with Gasteiger partial charge in [-0.15, -0.1) is 0 Å². The molecule has 0 spiro atoms. The summed E-state index contributed by atoms with van der Waals surface area (Å²) in [5.41, 5.74) is 1.86. The van der Waals surface area contributed by atoms with Crippen LogP contribution in [0.15, 0.2) is 54.6 Å². The van der Waals surface area contributed by atoms with Gasteiger partial charge < -0.3 is 0 Å². The molecule has 1 atom stereocenters. The molecule has 115 valence electrons. The van der Waals surface area contributed by atoms with Gasteiger partial charge in [0.05, 0.1) is 5.69 Å². The molecule has 1 aliphatic heterocycles. The summed E-state index contributed by atoms with van der Waals surface area (Å²) in [7, 11) is 0. The summed E-state index contributed by atoms with van der Waals surface area (Å²) in [4.78, 5) is 0. The highest BCUT2D eigenvalue weighted by atomic mass is 16.5. The summed E-state index contributed by atoms with van der Waals surface area (Å²) in [6.07, 6.45) is 0. The number of hydrogen-bond acceptors (Lipinski definition) is 1. The Labute approximate surface area is 133 Å². The lowest BCUT2D eigenvalue weighted by molar-refractivity contribution is -0.0152. The van der Waals surface area contributed by atoms with Gasteiger partial charge in [-0.3, -0.25) is 0 Å². The molecule has 1 unspecified atom stereocenters. The second kappa shape index (κ2) is 4.60. The fraction of sp³-hybridized carbons (Fsp3) is 0.400. The maximum absolute atomic E-state index is 13.5. The van der Waals surface area contributed by atoms with E-state index in [1.54, 1.807) is 0 Å². The van der Waals surface area contributed by atoms with Crippen LogP contribution in [0.2, 0.25) is 0 Å². The monoisotopic (exact) mass is 294 g/mol. The molecule has 1 radical (unpaired) electrons. The highest BCUT2D eigenvalue weighted by Crippen LogP contribution is 2.62. The van der Waals surface area contributed by atoms with E-state index in [2.05, 4.69) is 52.8 Å². The lowest BCUT2D eigenvalue weighted by Gasteiger charge is -2.53. The molecule has 2 nitrogen and oxygen atoms in total. The van der Waals surface area contributed by atoms with Gasteiger partial charge in [0.15, 0.2) is 0 Å². The summed E-state index contributed by atoms with van der Waals surface area (Å²) in [6, 6.07) is 18.2. The average Bonchev–Trinajstić information content (AvgIpc) is 2.65. The van der Waals surface area contributed by atoms with Crippen LogP contribution in [0.1, 0.15) is 45.7 Å². The third-order valence-electron chi connectivity index (χ3n) is 5.28. The third kappa shape index (κ3) is 1.65. The number of fused-ring (bicyclic) bond motifs is 1. The van der Waals surface area contributed by atoms with E-state index in [1.165, 1.54) is 5.06 Å². The van der Waals surface area contributed by atoms with Gasteiger partial charge in [0.25, 0.3) is 0 Å². The zero-order valence-corrected chi connectivity index (χ0v) is 14.1. The van der Waals surface area contributed by atoms with Crippen LogP contribution in [0.4, 0.5) is 5.69 Å². The number of nitrogens with zero attached hydrogens (tertiary/aromatic N) is 1. The molecule has 1 aliphatic rings. The molecule has 0 saturated carbocycles. The molecule has 0 fully saturated rings. The first-order valence-electron chi connectivity index (χ1n) is 7.87. The Morgan fingerprint density at radius 1 is 0.864 bits per heavy atom. The Morgan fingerprint density at radius 2 is 1.41 bits per heavy atom. The normalized spacial score (nSPS) is 23.5. The van der Waals surface area contributed by atoms with E-state index in [-0.39, 0.29) is 10.8 Å². The van der Waals surface area contributed by atoms with Crippen molar-refractivity contribution in [1.82, 2.24) is 0 Å². The maximum atomic E-state index is 13.5. The van der Waals surface area contributed by atoms with Crippen molar-refractivity contribution in [2.75, 3.05) is 5.06 Å². The number of para-hydroxylation sites is 1. The van der Waals surface area contributed by atoms with E-state index in [1.807, 2.05) is 36.4 Å². The van der Waals surface area contributed by atoms with Crippen molar-refractivity contribution < 1.29 is 5.21 Å². The van der Waals surface area contributed by atoms with Crippen LogP contribution in [0.5, 0.6) is 0 Å². The number of hydroxylamine groups is 1. The van der Waals surface area contributed by atoms with E-state index in [4.69, 9.17) is 0 Å². The van der Waals surface area contributed by atoms with Gasteiger partial charge >= 0.3 is 0 Å². The van der Waals surface area contributed by atoms with Crippen molar-refractivity contribution in [3.05, 3.63) is 65.7 Å². The molecule has 2 aromatic rings. The van der Waals surface area contributed by atoms with E-state index in [0.29, 0.717) is 0 Å². The van der Waals surface area contributed by atoms with Crippen LogP contribution in [0.3, 0.4) is 0 Å². The highest BCUT2D eigenvalue weighted by Gasteiger charge is 2.64. The van der Waals surface area contributed by atoms with Crippen LogP contribution >= 0.6 is 0 Å². The SMILES string of the molecule is CC(C)(C)C1(c2ccccc2)N([O])c2ccccc2C1(C)C. The summed E-state index contributed by atoms with van der Waals surface area (Å²) in [5.74, 6) is 0. The first-order valence-corrected chi connectivity index (χ1v) is 7.87. The molecule has 0 amide bonds. The molecule has 3 rings (SSSR count). The molecule has 1 heterocycles. The van der Waals surface area contributed by atoms with Crippen LogP contribution in [0, 0.1) is 5.41 Å². The van der Waals surface area contributed by atoms with Crippen molar-refractivity contribution in [2.45, 2.75) is 45.6 Å². The number of rotatable bonds is 1. The first-order chi connectivity index (χ1) is 10.2. The third-order valence-corrected chi connectivity index (χ3v) is 5.28. The quantitative estimate of drug-likeness (QED) is 0.720. The Kier molecular flexibility index (Phi) is 3.16. The van der Waals surface area contributed by atoms with E-state index >= 15 is 0 Å². The minimum Gasteiger partial charge on any atom is -0.208 e. The van der Waals surface area contributed by atoms with Gasteiger partial charge in [-0.1, -0.05) is 88.4 Å². The van der Waals surface area contributed by atoms with Gasteiger partial charge in [-0.25, -0.2) is 5.06 Å². The molecule has 0 saturated heterocycles. The molecule has 2 heteroatoms. The summed E-state index contributed by atoms with van der Waals surface area (Å²) < 4.78 is 0. The number of hydrogen-bond donors (Lipinski definition) is 0. The predicted molar refractivity (Wildman–Crippen MR) is 90.2 cm³/mol. The molecule has 0 N–H and O–H groups in total. The molecule has 0 aliphatic carbocycles. The van der Waals surface area contributed by atoms with Crippen LogP contribution < -0.4 is 5.06 Å². The van der Waals surface area contributed by atoms with Crippen LogP contribution in [-0.2, 0) is 16.2 Å². The molecule has 0 aromatic heterocycles. The molecule has 0 bridgehead atoms. The summed E-state index contributed by atoms with van der Waals surface area (Å²) in [5, 5.41) is 14.8. The Balaban J connectivity index is 2.38. The summed E-state index contributed by atoms with van der Waals surface area (Å²) >= 11 is 0. The zero-order chi connectivity index (χ0) is 16.2. The Bertz CT molecular complexity index is 684. The molecular weight excluding hydrogens is 270 g/mol. The average molecular weight is 294 g/mol. The van der Waals surface area contributed by atoms with Crippen LogP contribution in [-0.4, -0.2) is 0 Å². The van der Waals surface area contributed by atoms with Gasteiger partial charge in [-0.2, -0.15) is 0 Å². The smallest absolute Gasteiger partial charge is 0.109 e. The first kappa shape index (κ1) is 15.1. The van der Waals surface area contributed by atoms with Crippen molar-refractivity contribution in [2.24, 2.45) is 5.41 Å². The topological polar surface area (TPSA) is 23.1 Å². The number of benzene rings is 2. The molecule has 2 aromatic carbocycles.